The monoisotopic (exact) mass is 442 g/mol. The van der Waals surface area contributed by atoms with Crippen molar-refractivity contribution < 1.29 is 9.50 Å². The molecule has 6 heteroatoms. The Bertz CT molecular complexity index is 1190. The summed E-state index contributed by atoms with van der Waals surface area (Å²) in [6.07, 6.45) is 1.22. The van der Waals surface area contributed by atoms with Crippen molar-refractivity contribution in [3.63, 3.8) is 0 Å². The molecule has 0 fully saturated rings. The third-order valence-corrected chi connectivity index (χ3v) is 5.98. The molecule has 0 bridgehead atoms. The van der Waals surface area contributed by atoms with Crippen LogP contribution in [0.2, 0.25) is 10.0 Å². The Morgan fingerprint density at radius 3 is 2.53 bits per heavy atom. The van der Waals surface area contributed by atoms with E-state index in [1.165, 1.54) is 12.1 Å². The molecule has 0 spiro atoms. The lowest BCUT2D eigenvalue weighted by Crippen LogP contribution is -2.33. The molecule has 2 N–H and O–H groups in total. The van der Waals surface area contributed by atoms with Gasteiger partial charge in [0.2, 0.25) is 0 Å². The molecule has 0 aliphatic carbocycles. The highest BCUT2D eigenvalue weighted by Gasteiger charge is 2.25. The van der Waals surface area contributed by atoms with Crippen LogP contribution in [0.25, 0.3) is 22.0 Å². The number of aliphatic hydroxyl groups excluding tert-OH is 1. The Labute approximate surface area is 184 Å². The van der Waals surface area contributed by atoms with Crippen LogP contribution in [0.15, 0.2) is 72.9 Å². The maximum absolute atomic E-state index is 14.0. The van der Waals surface area contributed by atoms with Crippen LogP contribution >= 0.6 is 23.2 Å². The summed E-state index contributed by atoms with van der Waals surface area (Å²) in [4.78, 5) is 0. The van der Waals surface area contributed by atoms with Gasteiger partial charge in [0.15, 0.2) is 0 Å². The molecule has 4 aromatic rings. The van der Waals surface area contributed by atoms with Crippen molar-refractivity contribution in [3.05, 3.63) is 94.4 Å². The third-order valence-electron chi connectivity index (χ3n) is 5.24. The van der Waals surface area contributed by atoms with Crippen LogP contribution in [0.3, 0.4) is 0 Å². The van der Waals surface area contributed by atoms with E-state index < -0.39 is 12.1 Å². The molecular formula is C24H21Cl2FN2O. The first-order valence-corrected chi connectivity index (χ1v) is 10.4. The lowest BCUT2D eigenvalue weighted by molar-refractivity contribution is 0.132. The van der Waals surface area contributed by atoms with Gasteiger partial charge in [-0.1, -0.05) is 59.6 Å². The second kappa shape index (κ2) is 8.78. The number of aromatic nitrogens is 1. The van der Waals surface area contributed by atoms with E-state index in [2.05, 4.69) is 5.32 Å². The fourth-order valence-corrected chi connectivity index (χ4v) is 4.21. The van der Waals surface area contributed by atoms with Crippen LogP contribution in [-0.2, 0) is 0 Å². The number of benzene rings is 3. The van der Waals surface area contributed by atoms with Gasteiger partial charge < -0.3 is 15.0 Å². The highest BCUT2D eigenvalue weighted by atomic mass is 35.5. The van der Waals surface area contributed by atoms with Gasteiger partial charge in [-0.15, -0.1) is 0 Å². The molecule has 0 amide bonds. The van der Waals surface area contributed by atoms with Crippen LogP contribution in [-0.4, -0.2) is 29.4 Å². The summed E-state index contributed by atoms with van der Waals surface area (Å²) in [5, 5.41) is 16.0. The second-order valence-corrected chi connectivity index (χ2v) is 8.04. The minimum atomic E-state index is -0.769. The molecule has 0 aliphatic heterocycles. The van der Waals surface area contributed by atoms with Crippen molar-refractivity contribution in [1.29, 1.82) is 0 Å². The summed E-state index contributed by atoms with van der Waals surface area (Å²) in [7, 11) is 1.78. The Morgan fingerprint density at radius 2 is 1.80 bits per heavy atom. The molecule has 0 aliphatic rings. The maximum Gasteiger partial charge on any atom is 0.123 e. The molecule has 3 nitrogen and oxygen atoms in total. The topological polar surface area (TPSA) is 37.2 Å². The van der Waals surface area contributed by atoms with E-state index in [9.17, 15) is 9.50 Å². The van der Waals surface area contributed by atoms with E-state index in [4.69, 9.17) is 23.2 Å². The molecule has 4 rings (SSSR count). The van der Waals surface area contributed by atoms with Gasteiger partial charge in [-0.25, -0.2) is 4.39 Å². The largest absolute Gasteiger partial charge is 0.389 e. The van der Waals surface area contributed by atoms with Gasteiger partial charge in [-0.2, -0.15) is 0 Å². The number of para-hydroxylation sites is 1. The summed E-state index contributed by atoms with van der Waals surface area (Å²) < 4.78 is 16.0. The summed E-state index contributed by atoms with van der Waals surface area (Å²) in [5.41, 5.74) is 3.50. The SMILES string of the molecule is CNC[C@@H](O)[C@H](c1cccc(F)c1)n1cc(-c2ccc(Cl)c(Cl)c2)c2ccccc21. The Morgan fingerprint density at radius 1 is 1.00 bits per heavy atom. The molecule has 2 atom stereocenters. The van der Waals surface area contributed by atoms with Crippen LogP contribution in [0, 0.1) is 5.82 Å². The molecule has 0 saturated carbocycles. The van der Waals surface area contributed by atoms with Crippen molar-refractivity contribution >= 4 is 34.1 Å². The Hall–Kier alpha value is -2.37. The summed E-state index contributed by atoms with van der Waals surface area (Å²) in [6, 6.07) is 19.3. The van der Waals surface area contributed by atoms with Crippen molar-refractivity contribution in [1.82, 2.24) is 9.88 Å². The summed E-state index contributed by atoms with van der Waals surface area (Å²) in [5.74, 6) is -0.338. The highest BCUT2D eigenvalue weighted by molar-refractivity contribution is 6.42. The van der Waals surface area contributed by atoms with Gasteiger partial charge in [0.05, 0.1) is 22.2 Å². The quantitative estimate of drug-likeness (QED) is 0.388. The number of nitrogens with one attached hydrogen (secondary N) is 1. The van der Waals surface area contributed by atoms with Gasteiger partial charge in [-0.05, 0) is 48.5 Å². The fraction of sp³-hybridized carbons (Fsp3) is 0.167. The zero-order chi connectivity index (χ0) is 21.3. The normalized spacial score (nSPS) is 13.5. The summed E-state index contributed by atoms with van der Waals surface area (Å²) >= 11 is 12.4. The molecule has 1 heterocycles. The van der Waals surface area contributed by atoms with Gasteiger partial charge in [0, 0.05) is 29.2 Å². The van der Waals surface area contributed by atoms with Crippen LogP contribution in [0.5, 0.6) is 0 Å². The first-order chi connectivity index (χ1) is 14.5. The van der Waals surface area contributed by atoms with E-state index in [0.717, 1.165) is 22.0 Å². The zero-order valence-electron chi connectivity index (χ0n) is 16.3. The third kappa shape index (κ3) is 3.96. The number of hydrogen-bond acceptors (Lipinski definition) is 2. The van der Waals surface area contributed by atoms with E-state index in [0.29, 0.717) is 22.2 Å². The van der Waals surface area contributed by atoms with Gasteiger partial charge in [0.1, 0.15) is 5.82 Å². The molecule has 0 saturated heterocycles. The number of rotatable bonds is 6. The van der Waals surface area contributed by atoms with E-state index >= 15 is 0 Å². The van der Waals surface area contributed by atoms with Crippen molar-refractivity contribution in [2.75, 3.05) is 13.6 Å². The first-order valence-electron chi connectivity index (χ1n) is 9.62. The minimum Gasteiger partial charge on any atom is -0.389 e. The predicted molar refractivity (Wildman–Crippen MR) is 122 cm³/mol. The fourth-order valence-electron chi connectivity index (χ4n) is 3.91. The smallest absolute Gasteiger partial charge is 0.123 e. The van der Waals surface area contributed by atoms with E-state index in [1.807, 2.05) is 53.2 Å². The standard InChI is InChI=1S/C24H21Cl2FN2O/c1-28-13-23(30)24(16-5-4-6-17(27)11-16)29-14-19(18-7-2-3-8-22(18)29)15-9-10-20(25)21(26)12-15/h2-12,14,23-24,28,30H,13H2,1H3/t23-,24+/m1/s1. The van der Waals surface area contributed by atoms with Crippen molar-refractivity contribution in [3.8, 4) is 11.1 Å². The van der Waals surface area contributed by atoms with Gasteiger partial charge in [-0.3, -0.25) is 0 Å². The average Bonchev–Trinajstić information content (AvgIpc) is 3.10. The average molecular weight is 443 g/mol. The summed E-state index contributed by atoms with van der Waals surface area (Å²) in [6.45, 7) is 0.357. The zero-order valence-corrected chi connectivity index (χ0v) is 17.8. The number of hydrogen-bond donors (Lipinski definition) is 2. The molecule has 3 aromatic carbocycles. The Balaban J connectivity index is 1.94. The van der Waals surface area contributed by atoms with Crippen LogP contribution in [0.1, 0.15) is 11.6 Å². The van der Waals surface area contributed by atoms with Crippen molar-refractivity contribution in [2.24, 2.45) is 0 Å². The maximum atomic E-state index is 14.0. The molecule has 154 valence electrons. The van der Waals surface area contributed by atoms with Crippen LogP contribution in [0.4, 0.5) is 4.39 Å². The lowest BCUT2D eigenvalue weighted by Gasteiger charge is -2.26. The number of fused-ring (bicyclic) bond motifs is 1. The Kier molecular flexibility index (Phi) is 6.11. The second-order valence-electron chi connectivity index (χ2n) is 7.22. The van der Waals surface area contributed by atoms with Crippen molar-refractivity contribution in [2.45, 2.75) is 12.1 Å². The lowest BCUT2D eigenvalue weighted by atomic mass is 10.0. The number of nitrogens with zero attached hydrogens (tertiary/aromatic N) is 1. The van der Waals surface area contributed by atoms with Crippen LogP contribution < -0.4 is 5.32 Å². The molecular weight excluding hydrogens is 422 g/mol. The van der Waals surface area contributed by atoms with Gasteiger partial charge >= 0.3 is 0 Å². The van der Waals surface area contributed by atoms with E-state index in [1.54, 1.807) is 19.2 Å². The number of halogens is 3. The van der Waals surface area contributed by atoms with Gasteiger partial charge in [0.25, 0.3) is 0 Å². The predicted octanol–water partition coefficient (Wildman–Crippen LogP) is 5.92. The number of aliphatic hydroxyl groups is 1. The molecule has 1 aromatic heterocycles. The van der Waals surface area contributed by atoms with E-state index in [-0.39, 0.29) is 5.82 Å². The highest BCUT2D eigenvalue weighted by Crippen LogP contribution is 2.37. The minimum absolute atomic E-state index is 0.338. The number of likely N-dealkylation sites (N-methyl/N-ethyl adjacent to an activating group) is 1. The molecule has 0 radical (unpaired) electrons. The molecule has 0 unspecified atom stereocenters. The molecule has 30 heavy (non-hydrogen) atoms. The first kappa shape index (κ1) is 20.9.